The molecule has 130 valence electrons. The molecule has 0 aromatic heterocycles. The highest BCUT2D eigenvalue weighted by Crippen LogP contribution is 2.57. The largest absolute Gasteiger partial charge is 0.298 e. The van der Waals surface area contributed by atoms with E-state index < -0.39 is 0 Å². The molecule has 0 atom stereocenters. The summed E-state index contributed by atoms with van der Waals surface area (Å²) in [5.74, 6) is 0.585. The minimum absolute atomic E-state index is 0.0591. The molecular weight excluding hydrogens is 296 g/mol. The summed E-state index contributed by atoms with van der Waals surface area (Å²) in [7, 11) is 0. The SMILES string of the molecule is CCCC12CN3CC(CCC)(CN(C1)C3(C)c1ccccc1)C2=O. The van der Waals surface area contributed by atoms with E-state index in [-0.39, 0.29) is 16.5 Å². The van der Waals surface area contributed by atoms with Crippen molar-refractivity contribution in [2.24, 2.45) is 10.8 Å². The van der Waals surface area contributed by atoms with E-state index in [4.69, 9.17) is 0 Å². The fourth-order valence-electron chi connectivity index (χ4n) is 5.96. The van der Waals surface area contributed by atoms with E-state index in [1.54, 1.807) is 0 Å². The van der Waals surface area contributed by atoms with Gasteiger partial charge in [0.05, 0.1) is 16.5 Å². The number of carbonyl (C=O) groups is 1. The summed E-state index contributed by atoms with van der Waals surface area (Å²) in [5.41, 5.74) is 1.05. The van der Waals surface area contributed by atoms with Crippen LogP contribution in [0.2, 0.25) is 0 Å². The molecule has 0 unspecified atom stereocenters. The highest BCUT2D eigenvalue weighted by atomic mass is 16.1. The van der Waals surface area contributed by atoms with E-state index >= 15 is 0 Å². The molecule has 4 saturated heterocycles. The number of Topliss-reactive ketones (excluding diaryl/α,β-unsaturated/α-hetero) is 1. The van der Waals surface area contributed by atoms with Crippen molar-refractivity contribution in [3.05, 3.63) is 35.9 Å². The van der Waals surface area contributed by atoms with Crippen molar-refractivity contribution in [2.45, 2.75) is 52.1 Å². The van der Waals surface area contributed by atoms with E-state index in [0.29, 0.717) is 5.78 Å². The highest BCUT2D eigenvalue weighted by molar-refractivity contribution is 5.93. The Bertz CT molecular complexity index is 594. The zero-order chi connectivity index (χ0) is 17.0. The van der Waals surface area contributed by atoms with Crippen LogP contribution in [-0.2, 0) is 10.5 Å². The van der Waals surface area contributed by atoms with Crippen LogP contribution in [0, 0.1) is 10.8 Å². The normalized spacial score (nSPS) is 43.4. The third-order valence-electron chi connectivity index (χ3n) is 6.95. The molecule has 3 nitrogen and oxygen atoms in total. The maximum atomic E-state index is 13.5. The van der Waals surface area contributed by atoms with Gasteiger partial charge in [-0.2, -0.15) is 0 Å². The minimum Gasteiger partial charge on any atom is -0.298 e. The van der Waals surface area contributed by atoms with Gasteiger partial charge in [-0.15, -0.1) is 0 Å². The van der Waals surface area contributed by atoms with E-state index in [9.17, 15) is 4.79 Å². The molecule has 0 aliphatic carbocycles. The second kappa shape index (κ2) is 5.40. The van der Waals surface area contributed by atoms with Crippen molar-refractivity contribution < 1.29 is 4.79 Å². The number of nitrogens with zero attached hydrogens (tertiary/aromatic N) is 2. The quantitative estimate of drug-likeness (QED) is 0.825. The van der Waals surface area contributed by atoms with Gasteiger partial charge in [0.1, 0.15) is 5.78 Å². The fraction of sp³-hybridized carbons (Fsp3) is 0.667. The van der Waals surface area contributed by atoms with Crippen molar-refractivity contribution in [2.75, 3.05) is 26.2 Å². The molecule has 4 fully saturated rings. The van der Waals surface area contributed by atoms with Crippen LogP contribution < -0.4 is 0 Å². The lowest BCUT2D eigenvalue weighted by atomic mass is 9.56. The second-order valence-corrected chi connectivity index (χ2v) is 8.49. The summed E-state index contributed by atoms with van der Waals surface area (Å²) in [4.78, 5) is 18.7. The lowest BCUT2D eigenvalue weighted by Gasteiger charge is -2.70. The molecule has 0 radical (unpaired) electrons. The van der Waals surface area contributed by atoms with Gasteiger partial charge in [-0.1, -0.05) is 57.0 Å². The Hall–Kier alpha value is -1.19. The van der Waals surface area contributed by atoms with Crippen LogP contribution in [0.4, 0.5) is 0 Å². The summed E-state index contributed by atoms with van der Waals surface area (Å²) in [6.07, 6.45) is 4.26. The zero-order valence-electron chi connectivity index (χ0n) is 15.3. The monoisotopic (exact) mass is 326 g/mol. The van der Waals surface area contributed by atoms with Gasteiger partial charge in [-0.05, 0) is 25.3 Å². The number of ketones is 1. The molecular formula is C21H30N2O. The van der Waals surface area contributed by atoms with Crippen LogP contribution in [0.3, 0.4) is 0 Å². The van der Waals surface area contributed by atoms with Crippen LogP contribution in [0.5, 0.6) is 0 Å². The molecule has 3 heteroatoms. The first-order valence-corrected chi connectivity index (χ1v) is 9.61. The third kappa shape index (κ3) is 1.94. The molecule has 0 saturated carbocycles. The fourth-order valence-corrected chi connectivity index (χ4v) is 5.96. The van der Waals surface area contributed by atoms with E-state index in [0.717, 1.165) is 51.9 Å². The van der Waals surface area contributed by atoms with Gasteiger partial charge < -0.3 is 0 Å². The second-order valence-electron chi connectivity index (χ2n) is 8.49. The van der Waals surface area contributed by atoms with Crippen molar-refractivity contribution in [3.8, 4) is 0 Å². The van der Waals surface area contributed by atoms with Crippen LogP contribution >= 0.6 is 0 Å². The van der Waals surface area contributed by atoms with Crippen molar-refractivity contribution in [1.29, 1.82) is 0 Å². The zero-order valence-corrected chi connectivity index (χ0v) is 15.3. The summed E-state index contributed by atoms with van der Waals surface area (Å²) in [6, 6.07) is 10.9. The van der Waals surface area contributed by atoms with Gasteiger partial charge in [0.15, 0.2) is 0 Å². The van der Waals surface area contributed by atoms with Crippen LogP contribution in [0.25, 0.3) is 0 Å². The summed E-state index contributed by atoms with van der Waals surface area (Å²) < 4.78 is 0. The number of rotatable bonds is 5. The van der Waals surface area contributed by atoms with Crippen molar-refractivity contribution in [1.82, 2.24) is 9.80 Å². The standard InChI is InChI=1S/C21H30N2O/c1-4-11-20-13-22-15-21(12-5-2,18(20)24)16-23(14-20)19(22,3)17-9-7-6-8-10-17/h6-10H,4-5,11-16H2,1-3H3. The molecule has 4 aliphatic heterocycles. The van der Waals surface area contributed by atoms with Crippen molar-refractivity contribution >= 4 is 5.78 Å². The van der Waals surface area contributed by atoms with E-state index in [1.807, 2.05) is 0 Å². The average Bonchev–Trinajstić information content (AvgIpc) is 2.57. The van der Waals surface area contributed by atoms with Crippen molar-refractivity contribution in [3.63, 3.8) is 0 Å². The number of benzene rings is 1. The maximum absolute atomic E-state index is 13.5. The van der Waals surface area contributed by atoms with E-state index in [2.05, 4.69) is 60.9 Å². The number of carbonyl (C=O) groups excluding carboxylic acids is 1. The summed E-state index contributed by atoms with van der Waals surface area (Å²) in [6.45, 7) is 10.6. The Morgan fingerprint density at radius 2 is 1.33 bits per heavy atom. The molecule has 0 spiro atoms. The average molecular weight is 326 g/mol. The molecule has 0 amide bonds. The Morgan fingerprint density at radius 1 is 0.875 bits per heavy atom. The van der Waals surface area contributed by atoms with Gasteiger partial charge in [-0.3, -0.25) is 14.6 Å². The lowest BCUT2D eigenvalue weighted by Crippen LogP contribution is -2.81. The van der Waals surface area contributed by atoms with E-state index in [1.165, 1.54) is 5.56 Å². The molecule has 24 heavy (non-hydrogen) atoms. The smallest absolute Gasteiger partial charge is 0.150 e. The number of hydrogen-bond donors (Lipinski definition) is 0. The summed E-state index contributed by atoms with van der Waals surface area (Å²) in [5, 5.41) is 0. The van der Waals surface area contributed by atoms with Gasteiger partial charge in [0.25, 0.3) is 0 Å². The molecule has 0 N–H and O–H groups in total. The first-order valence-electron chi connectivity index (χ1n) is 9.61. The van der Waals surface area contributed by atoms with Gasteiger partial charge >= 0.3 is 0 Å². The number of piperidine rings is 2. The Morgan fingerprint density at radius 3 is 1.75 bits per heavy atom. The first-order chi connectivity index (χ1) is 11.5. The Labute approximate surface area is 146 Å². The molecule has 4 bridgehead atoms. The number of hydrogen-bond acceptors (Lipinski definition) is 3. The molecule has 1 aromatic rings. The molecule has 4 aliphatic rings. The van der Waals surface area contributed by atoms with Crippen LogP contribution in [-0.4, -0.2) is 41.8 Å². The maximum Gasteiger partial charge on any atom is 0.150 e. The predicted octanol–water partition coefficient (Wildman–Crippen LogP) is 3.65. The molecule has 5 rings (SSSR count). The highest BCUT2D eigenvalue weighted by Gasteiger charge is 2.67. The topological polar surface area (TPSA) is 23.6 Å². The molecule has 1 aromatic carbocycles. The lowest BCUT2D eigenvalue weighted by molar-refractivity contribution is -0.237. The van der Waals surface area contributed by atoms with Crippen LogP contribution in [0.1, 0.15) is 52.0 Å². The van der Waals surface area contributed by atoms with Crippen LogP contribution in [0.15, 0.2) is 30.3 Å². The first kappa shape index (κ1) is 16.3. The summed E-state index contributed by atoms with van der Waals surface area (Å²) >= 11 is 0. The minimum atomic E-state index is -0.130. The molecule has 4 heterocycles. The van der Waals surface area contributed by atoms with Gasteiger partial charge in [0.2, 0.25) is 0 Å². The Balaban J connectivity index is 1.79. The third-order valence-corrected chi connectivity index (χ3v) is 6.95. The Kier molecular flexibility index (Phi) is 3.67. The van der Waals surface area contributed by atoms with Gasteiger partial charge in [-0.25, -0.2) is 0 Å². The van der Waals surface area contributed by atoms with Gasteiger partial charge in [0, 0.05) is 26.2 Å². The predicted molar refractivity (Wildman–Crippen MR) is 96.6 cm³/mol.